The number of anilines is 1. The van der Waals surface area contributed by atoms with Gasteiger partial charge in [-0.2, -0.15) is 4.98 Å². The van der Waals surface area contributed by atoms with Crippen LogP contribution in [-0.2, 0) is 0 Å². The van der Waals surface area contributed by atoms with Gasteiger partial charge in [-0.15, -0.1) is 0 Å². The molecule has 1 aliphatic rings. The maximum absolute atomic E-state index is 5.73. The molecule has 5 heteroatoms. The predicted molar refractivity (Wildman–Crippen MR) is 86.9 cm³/mol. The highest BCUT2D eigenvalue weighted by atomic mass is 16.5. The molecular formula is C16H28N4O. The summed E-state index contributed by atoms with van der Waals surface area (Å²) in [6, 6.07) is 6.01. The van der Waals surface area contributed by atoms with E-state index in [-0.39, 0.29) is 0 Å². The van der Waals surface area contributed by atoms with Crippen molar-refractivity contribution in [3.05, 3.63) is 18.2 Å². The van der Waals surface area contributed by atoms with Gasteiger partial charge in [-0.25, -0.2) is 0 Å². The van der Waals surface area contributed by atoms with Gasteiger partial charge in [-0.05, 0) is 38.4 Å². The van der Waals surface area contributed by atoms with Gasteiger partial charge in [0.05, 0.1) is 6.61 Å². The van der Waals surface area contributed by atoms with Crippen LogP contribution in [0.1, 0.15) is 20.3 Å². The minimum atomic E-state index is 0.566. The molecule has 1 saturated heterocycles. The summed E-state index contributed by atoms with van der Waals surface area (Å²) in [6.45, 7) is 11.0. The average Bonchev–Trinajstić information content (AvgIpc) is 2.73. The van der Waals surface area contributed by atoms with Gasteiger partial charge < -0.3 is 20.3 Å². The second kappa shape index (κ2) is 8.20. The largest absolute Gasteiger partial charge is 0.478 e. The average molecular weight is 292 g/mol. The van der Waals surface area contributed by atoms with Crippen molar-refractivity contribution in [3.63, 3.8) is 0 Å². The maximum atomic E-state index is 5.73. The number of hydrogen-bond donors (Lipinski definition) is 1. The number of nitrogens with two attached hydrogens (primary N) is 1. The van der Waals surface area contributed by atoms with Crippen LogP contribution in [0.5, 0.6) is 5.88 Å². The van der Waals surface area contributed by atoms with Gasteiger partial charge in [0.15, 0.2) is 0 Å². The van der Waals surface area contributed by atoms with E-state index in [2.05, 4.69) is 27.8 Å². The molecule has 0 spiro atoms. The lowest BCUT2D eigenvalue weighted by Gasteiger charge is -2.24. The Morgan fingerprint density at radius 3 is 2.90 bits per heavy atom. The van der Waals surface area contributed by atoms with Crippen molar-refractivity contribution in [1.82, 2.24) is 9.88 Å². The number of aromatic nitrogens is 1. The highest BCUT2D eigenvalue weighted by molar-refractivity contribution is 5.40. The maximum Gasteiger partial charge on any atom is 0.215 e. The third-order valence-corrected chi connectivity index (χ3v) is 3.89. The lowest BCUT2D eigenvalue weighted by atomic mass is 10.1. The smallest absolute Gasteiger partial charge is 0.215 e. The summed E-state index contributed by atoms with van der Waals surface area (Å²) >= 11 is 0. The summed E-state index contributed by atoms with van der Waals surface area (Å²) in [5.41, 5.74) is 5.73. The molecule has 0 aromatic carbocycles. The molecule has 0 aliphatic carbocycles. The van der Waals surface area contributed by atoms with Crippen LogP contribution in [0.25, 0.3) is 0 Å². The molecule has 0 radical (unpaired) electrons. The molecule has 2 N–H and O–H groups in total. The molecule has 0 saturated carbocycles. The van der Waals surface area contributed by atoms with Crippen LogP contribution in [-0.4, -0.2) is 55.8 Å². The molecule has 0 amide bonds. The van der Waals surface area contributed by atoms with Crippen molar-refractivity contribution in [2.45, 2.75) is 20.3 Å². The van der Waals surface area contributed by atoms with Gasteiger partial charge in [0, 0.05) is 32.2 Å². The standard InChI is InChI=1S/C16H28N4O/c1-3-21-16-7-4-6-15(18-16)20-9-5-8-19(10-11-20)13-14(2)12-17/h4,6-7,14H,3,5,8-13,17H2,1-2H3. The number of ether oxygens (including phenoxy) is 1. The highest BCUT2D eigenvalue weighted by Gasteiger charge is 2.17. The fourth-order valence-electron chi connectivity index (χ4n) is 2.71. The highest BCUT2D eigenvalue weighted by Crippen LogP contribution is 2.18. The van der Waals surface area contributed by atoms with Crippen molar-refractivity contribution in [1.29, 1.82) is 0 Å². The van der Waals surface area contributed by atoms with Crippen LogP contribution < -0.4 is 15.4 Å². The van der Waals surface area contributed by atoms with Gasteiger partial charge in [0.1, 0.15) is 5.82 Å². The van der Waals surface area contributed by atoms with Crippen molar-refractivity contribution in [3.8, 4) is 5.88 Å². The summed E-state index contributed by atoms with van der Waals surface area (Å²) in [4.78, 5) is 9.47. The normalized spacial score (nSPS) is 18.3. The minimum absolute atomic E-state index is 0.566. The summed E-state index contributed by atoms with van der Waals surface area (Å²) in [6.07, 6.45) is 1.16. The summed E-state index contributed by atoms with van der Waals surface area (Å²) in [7, 11) is 0. The molecule has 21 heavy (non-hydrogen) atoms. The summed E-state index contributed by atoms with van der Waals surface area (Å²) in [5, 5.41) is 0. The van der Waals surface area contributed by atoms with Gasteiger partial charge in [0.25, 0.3) is 0 Å². The SMILES string of the molecule is CCOc1cccc(N2CCCN(CC(C)CN)CC2)n1. The molecule has 1 aromatic rings. The molecule has 1 unspecified atom stereocenters. The molecule has 1 aliphatic heterocycles. The van der Waals surface area contributed by atoms with Crippen LogP contribution >= 0.6 is 0 Å². The van der Waals surface area contributed by atoms with E-state index in [9.17, 15) is 0 Å². The first-order chi connectivity index (χ1) is 10.2. The third kappa shape index (κ3) is 4.86. The topological polar surface area (TPSA) is 54.6 Å². The molecule has 118 valence electrons. The molecule has 2 heterocycles. The van der Waals surface area contributed by atoms with Crippen LogP contribution in [0, 0.1) is 5.92 Å². The van der Waals surface area contributed by atoms with Crippen molar-refractivity contribution in [2.24, 2.45) is 11.7 Å². The zero-order chi connectivity index (χ0) is 15.1. The number of hydrogen-bond acceptors (Lipinski definition) is 5. The van der Waals surface area contributed by atoms with Gasteiger partial charge >= 0.3 is 0 Å². The van der Waals surface area contributed by atoms with Crippen molar-refractivity contribution in [2.75, 3.05) is 50.8 Å². The number of nitrogens with zero attached hydrogens (tertiary/aromatic N) is 3. The molecular weight excluding hydrogens is 264 g/mol. The van der Waals surface area contributed by atoms with Crippen LogP contribution in [0.4, 0.5) is 5.82 Å². The lowest BCUT2D eigenvalue weighted by Crippen LogP contribution is -2.35. The van der Waals surface area contributed by atoms with E-state index in [0.717, 1.165) is 51.5 Å². The van der Waals surface area contributed by atoms with Gasteiger partial charge in [0.2, 0.25) is 5.88 Å². The third-order valence-electron chi connectivity index (χ3n) is 3.89. The zero-order valence-corrected chi connectivity index (χ0v) is 13.3. The first-order valence-electron chi connectivity index (χ1n) is 8.00. The Balaban J connectivity index is 1.94. The second-order valence-electron chi connectivity index (χ2n) is 5.75. The van der Waals surface area contributed by atoms with E-state index in [4.69, 9.17) is 10.5 Å². The summed E-state index contributed by atoms with van der Waals surface area (Å²) < 4.78 is 5.49. The van der Waals surface area contributed by atoms with Gasteiger partial charge in [-0.3, -0.25) is 0 Å². The first-order valence-corrected chi connectivity index (χ1v) is 8.00. The zero-order valence-electron chi connectivity index (χ0n) is 13.3. The number of pyridine rings is 1. The molecule has 1 atom stereocenters. The van der Waals surface area contributed by atoms with Crippen LogP contribution in [0.2, 0.25) is 0 Å². The van der Waals surface area contributed by atoms with E-state index in [1.807, 2.05) is 19.1 Å². The van der Waals surface area contributed by atoms with Crippen LogP contribution in [0.3, 0.4) is 0 Å². The lowest BCUT2D eigenvalue weighted by molar-refractivity contribution is 0.255. The summed E-state index contributed by atoms with van der Waals surface area (Å²) in [5.74, 6) is 2.30. The quantitative estimate of drug-likeness (QED) is 0.863. The van der Waals surface area contributed by atoms with Crippen LogP contribution in [0.15, 0.2) is 18.2 Å². The second-order valence-corrected chi connectivity index (χ2v) is 5.75. The van der Waals surface area contributed by atoms with E-state index in [1.54, 1.807) is 0 Å². The predicted octanol–water partition coefficient (Wildman–Crippen LogP) is 1.59. The minimum Gasteiger partial charge on any atom is -0.478 e. The molecule has 2 rings (SSSR count). The molecule has 5 nitrogen and oxygen atoms in total. The molecule has 1 fully saturated rings. The van der Waals surface area contributed by atoms with E-state index < -0.39 is 0 Å². The van der Waals surface area contributed by atoms with E-state index in [1.165, 1.54) is 0 Å². The molecule has 1 aromatic heterocycles. The Labute approximate surface area is 128 Å². The van der Waals surface area contributed by atoms with E-state index >= 15 is 0 Å². The first kappa shape index (κ1) is 16.0. The monoisotopic (exact) mass is 292 g/mol. The van der Waals surface area contributed by atoms with Gasteiger partial charge in [-0.1, -0.05) is 13.0 Å². The van der Waals surface area contributed by atoms with Crippen molar-refractivity contribution < 1.29 is 4.74 Å². The molecule has 0 bridgehead atoms. The fraction of sp³-hybridized carbons (Fsp3) is 0.688. The Kier molecular flexibility index (Phi) is 6.26. The van der Waals surface area contributed by atoms with Crippen molar-refractivity contribution >= 4 is 5.82 Å². The number of rotatable bonds is 6. The fourth-order valence-corrected chi connectivity index (χ4v) is 2.71. The Hall–Kier alpha value is -1.33. The Bertz CT molecular complexity index is 426. The Morgan fingerprint density at radius 2 is 2.14 bits per heavy atom. The Morgan fingerprint density at radius 1 is 1.29 bits per heavy atom. The van der Waals surface area contributed by atoms with E-state index in [0.29, 0.717) is 18.4 Å².